The molecular weight excluding hydrogens is 326 g/mol. The highest BCUT2D eigenvalue weighted by molar-refractivity contribution is 5.80. The molecule has 0 unspecified atom stereocenters. The van der Waals surface area contributed by atoms with Gasteiger partial charge in [-0.05, 0) is 24.3 Å². The van der Waals surface area contributed by atoms with Crippen LogP contribution in [0, 0.1) is 11.8 Å². The maximum Gasteiger partial charge on any atom is 0.224 e. The van der Waals surface area contributed by atoms with Crippen LogP contribution in [0.4, 0.5) is 0 Å². The van der Waals surface area contributed by atoms with Crippen LogP contribution in [0.25, 0.3) is 0 Å². The van der Waals surface area contributed by atoms with Crippen LogP contribution in [0.1, 0.15) is 43.7 Å². The van der Waals surface area contributed by atoms with Gasteiger partial charge in [-0.1, -0.05) is 36.8 Å². The van der Waals surface area contributed by atoms with Gasteiger partial charge in [-0.25, -0.2) is 0 Å². The molecule has 0 bridgehead atoms. The van der Waals surface area contributed by atoms with E-state index in [9.17, 15) is 9.59 Å². The molecule has 140 valence electrons. The summed E-state index contributed by atoms with van der Waals surface area (Å²) in [6.45, 7) is 4.21. The van der Waals surface area contributed by atoms with Gasteiger partial charge < -0.3 is 15.1 Å². The lowest BCUT2D eigenvalue weighted by Gasteiger charge is -2.29. The first kappa shape index (κ1) is 17.5. The minimum absolute atomic E-state index is 0.170. The van der Waals surface area contributed by atoms with Gasteiger partial charge in [0.25, 0.3) is 0 Å². The highest BCUT2D eigenvalue weighted by atomic mass is 16.2. The summed E-state index contributed by atoms with van der Waals surface area (Å²) in [6, 6.07) is 10.6. The summed E-state index contributed by atoms with van der Waals surface area (Å²) in [5, 5.41) is 3.49. The Bertz CT molecular complexity index is 648. The molecule has 3 saturated heterocycles. The van der Waals surface area contributed by atoms with E-state index in [2.05, 4.69) is 34.5 Å². The molecule has 5 heteroatoms. The van der Waals surface area contributed by atoms with Crippen molar-refractivity contribution in [2.45, 2.75) is 38.1 Å². The maximum atomic E-state index is 13.1. The van der Waals surface area contributed by atoms with E-state index in [-0.39, 0.29) is 17.9 Å². The van der Waals surface area contributed by atoms with Crippen molar-refractivity contribution in [2.75, 3.05) is 32.7 Å². The third-order valence-electron chi connectivity index (χ3n) is 6.29. The standard InChI is InChI=1S/C21H29N3O2/c25-19-9-5-2-6-11-23(19)12-10-20(26)24-15-17-13-22-14-18(17)21(24)16-7-3-1-4-8-16/h1,3-4,7-8,17-18,21-22H,2,5-6,9-15H2/t17-,18-,21-/m0/s1. The number of hydrogen-bond donors (Lipinski definition) is 1. The Morgan fingerprint density at radius 3 is 2.81 bits per heavy atom. The van der Waals surface area contributed by atoms with Gasteiger partial charge >= 0.3 is 0 Å². The lowest BCUT2D eigenvalue weighted by Crippen LogP contribution is -2.38. The number of nitrogens with zero attached hydrogens (tertiary/aromatic N) is 2. The third kappa shape index (κ3) is 3.50. The Labute approximate surface area is 155 Å². The van der Waals surface area contributed by atoms with Crippen molar-refractivity contribution in [3.8, 4) is 0 Å². The number of carbonyl (C=O) groups is 2. The van der Waals surface area contributed by atoms with Crippen LogP contribution in [0.15, 0.2) is 30.3 Å². The Morgan fingerprint density at radius 2 is 1.96 bits per heavy atom. The average Bonchev–Trinajstić information content (AvgIpc) is 3.18. The van der Waals surface area contributed by atoms with Crippen molar-refractivity contribution in [2.24, 2.45) is 11.8 Å². The fraction of sp³-hybridized carbons (Fsp3) is 0.619. The fourth-order valence-corrected chi connectivity index (χ4v) is 4.90. The van der Waals surface area contributed by atoms with Gasteiger partial charge in [-0.3, -0.25) is 9.59 Å². The second-order valence-corrected chi connectivity index (χ2v) is 7.93. The topological polar surface area (TPSA) is 52.7 Å². The largest absolute Gasteiger partial charge is 0.342 e. The second-order valence-electron chi connectivity index (χ2n) is 7.93. The molecule has 3 aliphatic heterocycles. The molecule has 3 fully saturated rings. The van der Waals surface area contributed by atoms with Gasteiger partial charge in [0, 0.05) is 51.5 Å². The maximum absolute atomic E-state index is 13.1. The first-order valence-corrected chi connectivity index (χ1v) is 10.1. The SMILES string of the molecule is O=C1CCCCCN1CCC(=O)N1C[C@@H]2CNC[C@@H]2[C@@H]1c1ccccc1. The van der Waals surface area contributed by atoms with E-state index < -0.39 is 0 Å². The van der Waals surface area contributed by atoms with Crippen molar-refractivity contribution in [3.05, 3.63) is 35.9 Å². The first-order valence-electron chi connectivity index (χ1n) is 10.1. The molecule has 3 heterocycles. The monoisotopic (exact) mass is 355 g/mol. The average molecular weight is 355 g/mol. The molecule has 0 aromatic heterocycles. The molecule has 3 atom stereocenters. The van der Waals surface area contributed by atoms with E-state index in [1.165, 1.54) is 5.56 Å². The van der Waals surface area contributed by atoms with Crippen LogP contribution in [0.5, 0.6) is 0 Å². The minimum atomic E-state index is 0.170. The van der Waals surface area contributed by atoms with Gasteiger partial charge in [-0.15, -0.1) is 0 Å². The van der Waals surface area contributed by atoms with E-state index >= 15 is 0 Å². The van der Waals surface area contributed by atoms with Crippen molar-refractivity contribution >= 4 is 11.8 Å². The number of benzene rings is 1. The Hall–Kier alpha value is -1.88. The molecule has 1 N–H and O–H groups in total. The minimum Gasteiger partial charge on any atom is -0.342 e. The number of rotatable bonds is 4. The summed E-state index contributed by atoms with van der Waals surface area (Å²) in [6.07, 6.45) is 4.25. The van der Waals surface area contributed by atoms with Gasteiger partial charge in [0.15, 0.2) is 0 Å². The van der Waals surface area contributed by atoms with Gasteiger partial charge in [-0.2, -0.15) is 0 Å². The highest BCUT2D eigenvalue weighted by Crippen LogP contribution is 2.42. The summed E-state index contributed by atoms with van der Waals surface area (Å²) in [4.78, 5) is 29.2. The molecule has 5 nitrogen and oxygen atoms in total. The van der Waals surface area contributed by atoms with Crippen molar-refractivity contribution in [1.29, 1.82) is 0 Å². The number of nitrogens with one attached hydrogen (secondary N) is 1. The molecular formula is C21H29N3O2. The number of hydrogen-bond acceptors (Lipinski definition) is 3. The van der Waals surface area contributed by atoms with E-state index in [0.717, 1.165) is 45.4 Å². The first-order chi connectivity index (χ1) is 12.7. The molecule has 3 aliphatic rings. The predicted molar refractivity (Wildman–Crippen MR) is 100 cm³/mol. The molecule has 1 aromatic carbocycles. The predicted octanol–water partition coefficient (Wildman–Crippen LogP) is 2.20. The second kappa shape index (κ2) is 7.78. The number of carbonyl (C=O) groups excluding carboxylic acids is 2. The summed E-state index contributed by atoms with van der Waals surface area (Å²) >= 11 is 0. The molecule has 0 radical (unpaired) electrons. The summed E-state index contributed by atoms with van der Waals surface area (Å²) in [5.41, 5.74) is 1.24. The summed E-state index contributed by atoms with van der Waals surface area (Å²) in [7, 11) is 0. The molecule has 26 heavy (non-hydrogen) atoms. The Balaban J connectivity index is 1.45. The van der Waals surface area contributed by atoms with E-state index in [1.54, 1.807) is 0 Å². The Kier molecular flexibility index (Phi) is 5.25. The molecule has 4 rings (SSSR count). The van der Waals surface area contributed by atoms with Crippen molar-refractivity contribution < 1.29 is 9.59 Å². The zero-order valence-corrected chi connectivity index (χ0v) is 15.4. The van der Waals surface area contributed by atoms with Crippen LogP contribution in [-0.2, 0) is 9.59 Å². The van der Waals surface area contributed by atoms with Crippen molar-refractivity contribution in [1.82, 2.24) is 15.1 Å². The normalized spacial score (nSPS) is 28.9. The lowest BCUT2D eigenvalue weighted by molar-refractivity contribution is -0.135. The number of likely N-dealkylation sites (tertiary alicyclic amines) is 2. The third-order valence-corrected chi connectivity index (χ3v) is 6.29. The van der Waals surface area contributed by atoms with E-state index in [4.69, 9.17) is 0 Å². The van der Waals surface area contributed by atoms with Crippen LogP contribution < -0.4 is 5.32 Å². The molecule has 0 spiro atoms. The molecule has 1 aromatic rings. The summed E-state index contributed by atoms with van der Waals surface area (Å²) < 4.78 is 0. The Morgan fingerprint density at radius 1 is 1.12 bits per heavy atom. The van der Waals surface area contributed by atoms with E-state index in [0.29, 0.717) is 31.2 Å². The fourth-order valence-electron chi connectivity index (χ4n) is 4.90. The van der Waals surface area contributed by atoms with Gasteiger partial charge in [0.1, 0.15) is 0 Å². The van der Waals surface area contributed by atoms with Crippen LogP contribution in [-0.4, -0.2) is 54.3 Å². The lowest BCUT2D eigenvalue weighted by atomic mass is 9.89. The smallest absolute Gasteiger partial charge is 0.224 e. The molecule has 2 amide bonds. The van der Waals surface area contributed by atoms with Crippen LogP contribution in [0.2, 0.25) is 0 Å². The van der Waals surface area contributed by atoms with Gasteiger partial charge in [0.05, 0.1) is 6.04 Å². The van der Waals surface area contributed by atoms with Crippen LogP contribution >= 0.6 is 0 Å². The zero-order valence-electron chi connectivity index (χ0n) is 15.4. The van der Waals surface area contributed by atoms with Crippen LogP contribution in [0.3, 0.4) is 0 Å². The molecule has 0 saturated carbocycles. The van der Waals surface area contributed by atoms with Crippen molar-refractivity contribution in [3.63, 3.8) is 0 Å². The number of amides is 2. The zero-order chi connectivity index (χ0) is 17.9. The highest BCUT2D eigenvalue weighted by Gasteiger charge is 2.46. The molecule has 0 aliphatic carbocycles. The van der Waals surface area contributed by atoms with E-state index in [1.807, 2.05) is 11.0 Å². The number of fused-ring (bicyclic) bond motifs is 1. The summed E-state index contributed by atoms with van der Waals surface area (Å²) in [5.74, 6) is 1.47. The van der Waals surface area contributed by atoms with Gasteiger partial charge in [0.2, 0.25) is 11.8 Å². The quantitative estimate of drug-likeness (QED) is 0.901.